The van der Waals surface area contributed by atoms with Gasteiger partial charge in [0.15, 0.2) is 5.11 Å². The Balaban J connectivity index is 1.75. The minimum Gasteiger partial charge on any atom is -0.497 e. The van der Waals surface area contributed by atoms with Gasteiger partial charge in [-0.1, -0.05) is 0 Å². The molecule has 1 N–H and O–H groups in total. The Kier molecular flexibility index (Phi) is 6.84. The summed E-state index contributed by atoms with van der Waals surface area (Å²) in [7, 11) is 3.26. The summed E-state index contributed by atoms with van der Waals surface area (Å²) in [6.45, 7) is 2.25. The van der Waals surface area contributed by atoms with E-state index in [1.54, 1.807) is 26.6 Å². The van der Waals surface area contributed by atoms with Gasteiger partial charge in [-0.3, -0.25) is 4.98 Å². The number of benzene rings is 1. The second-order valence-corrected chi connectivity index (χ2v) is 6.75. The van der Waals surface area contributed by atoms with Crippen LogP contribution >= 0.6 is 12.2 Å². The van der Waals surface area contributed by atoms with Gasteiger partial charge in [-0.05, 0) is 54.9 Å². The Morgan fingerprint density at radius 3 is 2.74 bits per heavy atom. The molecule has 0 radical (unpaired) electrons. The number of methoxy groups -OCH3 is 2. The Morgan fingerprint density at radius 1 is 1.26 bits per heavy atom. The molecule has 144 valence electrons. The minimum absolute atomic E-state index is 0.198. The van der Waals surface area contributed by atoms with Crippen LogP contribution < -0.4 is 14.8 Å². The lowest BCUT2D eigenvalue weighted by atomic mass is 10.2. The predicted octanol–water partition coefficient (Wildman–Crippen LogP) is 3.48. The van der Waals surface area contributed by atoms with Gasteiger partial charge in [0.05, 0.1) is 26.0 Å². The molecular formula is C20H25N3O3S. The zero-order chi connectivity index (χ0) is 19.1. The smallest absolute Gasteiger partial charge is 0.173 e. The number of thiocarbonyl (C=S) groups is 1. The van der Waals surface area contributed by atoms with Gasteiger partial charge >= 0.3 is 0 Å². The quantitative estimate of drug-likeness (QED) is 0.730. The second kappa shape index (κ2) is 9.53. The van der Waals surface area contributed by atoms with E-state index in [0.29, 0.717) is 17.4 Å². The number of anilines is 1. The van der Waals surface area contributed by atoms with E-state index in [0.717, 1.165) is 43.0 Å². The van der Waals surface area contributed by atoms with Gasteiger partial charge in [-0.15, -0.1) is 0 Å². The zero-order valence-electron chi connectivity index (χ0n) is 15.7. The first kappa shape index (κ1) is 19.4. The number of hydrogen-bond acceptors (Lipinski definition) is 5. The van der Waals surface area contributed by atoms with Crippen molar-refractivity contribution in [3.63, 3.8) is 0 Å². The molecule has 0 bridgehead atoms. The topological polar surface area (TPSA) is 55.9 Å². The summed E-state index contributed by atoms with van der Waals surface area (Å²) in [6, 6.07) is 9.61. The predicted molar refractivity (Wildman–Crippen MR) is 109 cm³/mol. The molecule has 3 rings (SSSR count). The average molecular weight is 388 g/mol. The van der Waals surface area contributed by atoms with Crippen molar-refractivity contribution in [2.24, 2.45) is 0 Å². The lowest BCUT2D eigenvalue weighted by Gasteiger charge is -2.28. The number of rotatable bonds is 7. The van der Waals surface area contributed by atoms with E-state index in [1.165, 1.54) is 0 Å². The Morgan fingerprint density at radius 2 is 2.07 bits per heavy atom. The van der Waals surface area contributed by atoms with Gasteiger partial charge in [0, 0.05) is 38.2 Å². The number of hydrogen-bond donors (Lipinski definition) is 1. The van der Waals surface area contributed by atoms with Gasteiger partial charge in [0.2, 0.25) is 0 Å². The van der Waals surface area contributed by atoms with Crippen molar-refractivity contribution in [1.82, 2.24) is 9.88 Å². The maximum absolute atomic E-state index is 5.81. The summed E-state index contributed by atoms with van der Waals surface area (Å²) in [5.41, 5.74) is 1.95. The van der Waals surface area contributed by atoms with Crippen molar-refractivity contribution in [2.75, 3.05) is 32.7 Å². The lowest BCUT2D eigenvalue weighted by Crippen LogP contribution is -2.39. The fourth-order valence-corrected chi connectivity index (χ4v) is 3.31. The van der Waals surface area contributed by atoms with E-state index in [4.69, 9.17) is 26.4 Å². The molecule has 1 aromatic heterocycles. The normalized spacial score (nSPS) is 16.0. The van der Waals surface area contributed by atoms with Crippen molar-refractivity contribution >= 4 is 23.0 Å². The molecule has 0 amide bonds. The zero-order valence-corrected chi connectivity index (χ0v) is 16.5. The van der Waals surface area contributed by atoms with Gasteiger partial charge in [0.25, 0.3) is 0 Å². The van der Waals surface area contributed by atoms with E-state index < -0.39 is 0 Å². The summed E-state index contributed by atoms with van der Waals surface area (Å²) >= 11 is 5.72. The summed E-state index contributed by atoms with van der Waals surface area (Å²) in [4.78, 5) is 6.22. The number of ether oxygens (including phenoxy) is 3. The van der Waals surface area contributed by atoms with E-state index in [1.807, 2.05) is 30.3 Å². The molecule has 1 aliphatic rings. The highest BCUT2D eigenvalue weighted by Gasteiger charge is 2.22. The molecule has 0 saturated carbocycles. The molecular weight excluding hydrogens is 362 g/mol. The number of pyridine rings is 1. The third-order valence-electron chi connectivity index (χ3n) is 4.51. The second-order valence-electron chi connectivity index (χ2n) is 6.37. The SMILES string of the molecule is COc1ccc(NC(=S)N(Cc2ccncc2)CC2CCCO2)c(OC)c1. The van der Waals surface area contributed by atoms with E-state index in [2.05, 4.69) is 15.2 Å². The van der Waals surface area contributed by atoms with E-state index in [-0.39, 0.29) is 6.10 Å². The third kappa shape index (κ3) is 5.30. The summed E-state index contributed by atoms with van der Waals surface area (Å²) in [5.74, 6) is 1.41. The van der Waals surface area contributed by atoms with Crippen LogP contribution in [0, 0.1) is 0 Å². The molecule has 0 aliphatic carbocycles. The van der Waals surface area contributed by atoms with Gasteiger partial charge in [-0.25, -0.2) is 0 Å². The molecule has 2 heterocycles. The minimum atomic E-state index is 0.198. The Labute approximate surface area is 165 Å². The molecule has 1 fully saturated rings. The molecule has 2 aromatic rings. The number of nitrogens with one attached hydrogen (secondary N) is 1. The fourth-order valence-electron chi connectivity index (χ4n) is 3.06. The molecule has 27 heavy (non-hydrogen) atoms. The molecule has 1 unspecified atom stereocenters. The van der Waals surface area contributed by atoms with Crippen molar-refractivity contribution in [1.29, 1.82) is 0 Å². The summed E-state index contributed by atoms with van der Waals surface area (Å²) < 4.78 is 16.5. The Bertz CT molecular complexity index is 751. The summed E-state index contributed by atoms with van der Waals surface area (Å²) in [6.07, 6.45) is 5.94. The van der Waals surface area contributed by atoms with Crippen LogP contribution in [0.3, 0.4) is 0 Å². The highest BCUT2D eigenvalue weighted by atomic mass is 32.1. The van der Waals surface area contributed by atoms with Gasteiger partial charge in [-0.2, -0.15) is 0 Å². The standard InChI is InChI=1S/C20H25N3O3S/c1-24-16-5-6-18(19(12-16)25-2)22-20(27)23(14-17-4-3-11-26-17)13-15-7-9-21-10-8-15/h5-10,12,17H,3-4,11,13-14H2,1-2H3,(H,22,27). The number of aromatic nitrogens is 1. The summed E-state index contributed by atoms with van der Waals surface area (Å²) in [5, 5.41) is 3.94. The van der Waals surface area contributed by atoms with Crippen molar-refractivity contribution in [2.45, 2.75) is 25.5 Å². The van der Waals surface area contributed by atoms with Crippen LogP contribution in [0.4, 0.5) is 5.69 Å². The van der Waals surface area contributed by atoms with Crippen LogP contribution in [-0.4, -0.2) is 48.5 Å². The fraction of sp³-hybridized carbons (Fsp3) is 0.400. The van der Waals surface area contributed by atoms with Crippen LogP contribution in [0.25, 0.3) is 0 Å². The third-order valence-corrected chi connectivity index (χ3v) is 4.87. The molecule has 0 spiro atoms. The van der Waals surface area contributed by atoms with Crippen molar-refractivity contribution in [3.05, 3.63) is 48.3 Å². The lowest BCUT2D eigenvalue weighted by molar-refractivity contribution is 0.0905. The van der Waals surface area contributed by atoms with Crippen LogP contribution in [0.2, 0.25) is 0 Å². The first-order valence-corrected chi connectivity index (χ1v) is 9.39. The molecule has 1 aliphatic heterocycles. The average Bonchev–Trinajstić information content (AvgIpc) is 3.21. The largest absolute Gasteiger partial charge is 0.497 e. The van der Waals surface area contributed by atoms with Crippen LogP contribution in [0.1, 0.15) is 18.4 Å². The molecule has 1 aromatic carbocycles. The molecule has 7 heteroatoms. The molecule has 6 nitrogen and oxygen atoms in total. The highest BCUT2D eigenvalue weighted by Crippen LogP contribution is 2.29. The van der Waals surface area contributed by atoms with Gasteiger partial charge in [0.1, 0.15) is 11.5 Å². The maximum atomic E-state index is 5.81. The molecule has 1 saturated heterocycles. The molecule has 1 atom stereocenters. The van der Waals surface area contributed by atoms with E-state index >= 15 is 0 Å². The Hall–Kier alpha value is -2.38. The number of nitrogens with zero attached hydrogens (tertiary/aromatic N) is 2. The first-order valence-electron chi connectivity index (χ1n) is 8.98. The van der Waals surface area contributed by atoms with Crippen LogP contribution in [0.15, 0.2) is 42.7 Å². The maximum Gasteiger partial charge on any atom is 0.173 e. The van der Waals surface area contributed by atoms with Gasteiger partial charge < -0.3 is 24.4 Å². The van der Waals surface area contributed by atoms with Crippen molar-refractivity contribution < 1.29 is 14.2 Å². The van der Waals surface area contributed by atoms with E-state index in [9.17, 15) is 0 Å². The van der Waals surface area contributed by atoms with Crippen molar-refractivity contribution in [3.8, 4) is 11.5 Å². The highest BCUT2D eigenvalue weighted by molar-refractivity contribution is 7.80. The van der Waals surface area contributed by atoms with Crippen LogP contribution in [-0.2, 0) is 11.3 Å². The first-order chi connectivity index (χ1) is 13.2. The van der Waals surface area contributed by atoms with Crippen LogP contribution in [0.5, 0.6) is 11.5 Å². The monoisotopic (exact) mass is 387 g/mol.